The second kappa shape index (κ2) is 12.2. The van der Waals surface area contributed by atoms with E-state index in [0.29, 0.717) is 34.3 Å². The summed E-state index contributed by atoms with van der Waals surface area (Å²) in [5.74, 6) is 1.32. The maximum Gasteiger partial charge on any atom is 0.164 e. The highest BCUT2D eigenvalue weighted by molar-refractivity contribution is 6.10. The van der Waals surface area contributed by atoms with Crippen molar-refractivity contribution in [3.05, 3.63) is 182 Å². The SMILES string of the molecule is [2H]c1c([2H])c([2H])c2c(c1[2H])c1c([2H])c(-c3cccc(-c4nc(-c5ccccc5)nc(-c5ccc(-c6ccccc6)cc5)n4)c3)c([2H])c([2H])c1n2-c1ccccc1. The van der Waals surface area contributed by atoms with Crippen molar-refractivity contribution >= 4 is 21.8 Å². The Labute approximate surface area is 294 Å². The normalized spacial score (nSPS) is 13.3. The van der Waals surface area contributed by atoms with Gasteiger partial charge in [-0.15, -0.1) is 0 Å². The zero-order chi connectivity index (χ0) is 38.7. The number of aromatic nitrogens is 4. The Hall–Kier alpha value is -6.65. The van der Waals surface area contributed by atoms with Crippen molar-refractivity contribution in [3.63, 3.8) is 0 Å². The number of fused-ring (bicyclic) bond motifs is 3. The van der Waals surface area contributed by atoms with Crippen molar-refractivity contribution in [1.82, 2.24) is 19.5 Å². The highest BCUT2D eigenvalue weighted by Gasteiger charge is 2.15. The first-order valence-corrected chi connectivity index (χ1v) is 15.9. The quantitative estimate of drug-likeness (QED) is 0.183. The lowest BCUT2D eigenvalue weighted by Gasteiger charge is -2.11. The van der Waals surface area contributed by atoms with Crippen LogP contribution in [0.5, 0.6) is 0 Å². The zero-order valence-electron chi connectivity index (χ0n) is 33.1. The second-order valence-corrected chi connectivity index (χ2v) is 11.6. The highest BCUT2D eigenvalue weighted by atomic mass is 15.0. The maximum atomic E-state index is 9.60. The lowest BCUT2D eigenvalue weighted by Crippen LogP contribution is -2.00. The molecule has 9 rings (SSSR count). The third kappa shape index (κ3) is 5.35. The molecule has 0 atom stereocenters. The van der Waals surface area contributed by atoms with Gasteiger partial charge in [-0.3, -0.25) is 0 Å². The molecule has 49 heavy (non-hydrogen) atoms. The molecule has 0 aliphatic heterocycles. The van der Waals surface area contributed by atoms with Crippen molar-refractivity contribution < 1.29 is 9.60 Å². The molecule has 0 unspecified atom stereocenters. The fourth-order valence-electron chi connectivity index (χ4n) is 6.10. The molecule has 0 saturated carbocycles. The first-order valence-electron chi connectivity index (χ1n) is 19.4. The fourth-order valence-corrected chi connectivity index (χ4v) is 6.10. The van der Waals surface area contributed by atoms with E-state index in [1.54, 1.807) is 47.0 Å². The third-order valence-electron chi connectivity index (χ3n) is 8.50. The average Bonchev–Trinajstić information content (AvgIpc) is 3.62. The third-order valence-corrected chi connectivity index (χ3v) is 8.50. The molecule has 0 aliphatic carbocycles. The summed E-state index contributed by atoms with van der Waals surface area (Å²) in [7, 11) is 0. The molecule has 2 heterocycles. The van der Waals surface area contributed by atoms with Crippen LogP contribution >= 0.6 is 0 Å². The molecule has 0 spiro atoms. The predicted octanol–water partition coefficient (Wildman–Crippen LogP) is 11.3. The molecular weight excluding hydrogens is 597 g/mol. The molecule has 0 fully saturated rings. The molecule has 0 radical (unpaired) electrons. The summed E-state index contributed by atoms with van der Waals surface area (Å²) < 4.78 is 64.6. The van der Waals surface area contributed by atoms with Crippen molar-refractivity contribution in [2.45, 2.75) is 0 Å². The molecule has 4 nitrogen and oxygen atoms in total. The minimum atomic E-state index is -0.436. The van der Waals surface area contributed by atoms with Crippen LogP contribution in [-0.4, -0.2) is 19.5 Å². The topological polar surface area (TPSA) is 43.6 Å². The standard InChI is InChI=1S/C45H30N4/c1-4-13-31(14-5-1)32-23-25-34(26-24-32)44-46-43(33-15-6-2-7-16-33)47-45(48-44)37-18-12-17-35(29-37)36-27-28-42-40(30-36)39-21-10-11-22-41(39)49(42)38-19-8-3-9-20-38/h1-30H/i10D,11D,21D,22D,27D,28D,30D. The summed E-state index contributed by atoms with van der Waals surface area (Å²) in [6.45, 7) is 0. The first kappa shape index (κ1) is 22.0. The Bertz CT molecular complexity index is 2970. The Kier molecular flexibility index (Phi) is 5.47. The van der Waals surface area contributed by atoms with E-state index in [1.165, 1.54) is 0 Å². The van der Waals surface area contributed by atoms with Gasteiger partial charge in [0.2, 0.25) is 0 Å². The molecule has 2 aromatic heterocycles. The van der Waals surface area contributed by atoms with Gasteiger partial charge < -0.3 is 4.57 Å². The van der Waals surface area contributed by atoms with Crippen LogP contribution in [0.2, 0.25) is 0 Å². The molecule has 9 aromatic rings. The Balaban J connectivity index is 1.24. The summed E-state index contributed by atoms with van der Waals surface area (Å²) >= 11 is 0. The molecule has 0 aliphatic rings. The van der Waals surface area contributed by atoms with E-state index in [-0.39, 0.29) is 57.6 Å². The van der Waals surface area contributed by atoms with E-state index in [2.05, 4.69) is 12.1 Å². The monoisotopic (exact) mass is 633 g/mol. The summed E-state index contributed by atoms with van der Waals surface area (Å²) in [5.41, 5.74) is 5.84. The number of nitrogens with zero attached hydrogens (tertiary/aromatic N) is 4. The van der Waals surface area contributed by atoms with Gasteiger partial charge in [0.1, 0.15) is 0 Å². The van der Waals surface area contributed by atoms with E-state index < -0.39 is 12.1 Å². The number of hydrogen-bond donors (Lipinski definition) is 0. The fraction of sp³-hybridized carbons (Fsp3) is 0. The molecule has 7 aromatic carbocycles. The van der Waals surface area contributed by atoms with E-state index in [9.17, 15) is 4.11 Å². The van der Waals surface area contributed by atoms with Crippen molar-refractivity contribution in [2.75, 3.05) is 0 Å². The van der Waals surface area contributed by atoms with Gasteiger partial charge in [0.15, 0.2) is 17.5 Å². The number of para-hydroxylation sites is 2. The first-order chi connectivity index (χ1) is 27.2. The molecule has 0 saturated heterocycles. The molecule has 4 heteroatoms. The van der Waals surface area contributed by atoms with Crippen LogP contribution in [0.15, 0.2) is 182 Å². The minimum absolute atomic E-state index is 0.123. The van der Waals surface area contributed by atoms with Crippen molar-refractivity contribution in [1.29, 1.82) is 0 Å². The van der Waals surface area contributed by atoms with E-state index >= 15 is 0 Å². The molecule has 0 N–H and O–H groups in total. The van der Waals surface area contributed by atoms with Gasteiger partial charge in [0, 0.05) is 33.2 Å². The minimum Gasteiger partial charge on any atom is -0.309 e. The van der Waals surface area contributed by atoms with E-state index in [0.717, 1.165) is 22.3 Å². The van der Waals surface area contributed by atoms with Gasteiger partial charge in [-0.25, -0.2) is 15.0 Å². The number of rotatable bonds is 6. The van der Waals surface area contributed by atoms with Gasteiger partial charge in [0.25, 0.3) is 0 Å². The average molecular weight is 634 g/mol. The Morgan fingerprint density at radius 3 is 1.61 bits per heavy atom. The lowest BCUT2D eigenvalue weighted by atomic mass is 10.0. The Morgan fingerprint density at radius 2 is 0.898 bits per heavy atom. The van der Waals surface area contributed by atoms with Crippen LogP contribution in [0.4, 0.5) is 0 Å². The number of hydrogen-bond acceptors (Lipinski definition) is 3. The maximum absolute atomic E-state index is 9.60. The summed E-state index contributed by atoms with van der Waals surface area (Å²) in [5, 5.41) is 0.295. The molecule has 0 amide bonds. The highest BCUT2D eigenvalue weighted by Crippen LogP contribution is 2.36. The van der Waals surface area contributed by atoms with E-state index in [4.69, 9.17) is 20.4 Å². The zero-order valence-corrected chi connectivity index (χ0v) is 26.1. The second-order valence-electron chi connectivity index (χ2n) is 11.6. The summed E-state index contributed by atoms with van der Waals surface area (Å²) in [6.07, 6.45) is 0. The van der Waals surface area contributed by atoms with Crippen LogP contribution < -0.4 is 0 Å². The lowest BCUT2D eigenvalue weighted by molar-refractivity contribution is 1.07. The van der Waals surface area contributed by atoms with Gasteiger partial charge in [-0.05, 0) is 58.6 Å². The van der Waals surface area contributed by atoms with Crippen molar-refractivity contribution in [3.8, 4) is 62.1 Å². The molecular formula is C45H30N4. The summed E-state index contributed by atoms with van der Waals surface area (Å²) in [4.78, 5) is 14.7. The van der Waals surface area contributed by atoms with Crippen LogP contribution in [0.25, 0.3) is 83.9 Å². The summed E-state index contributed by atoms with van der Waals surface area (Å²) in [6, 6.07) is 41.9. The predicted molar refractivity (Wildman–Crippen MR) is 201 cm³/mol. The van der Waals surface area contributed by atoms with Gasteiger partial charge in [-0.1, -0.05) is 145 Å². The van der Waals surface area contributed by atoms with Crippen LogP contribution in [0.3, 0.4) is 0 Å². The van der Waals surface area contributed by atoms with Gasteiger partial charge in [-0.2, -0.15) is 0 Å². The number of benzene rings is 7. The van der Waals surface area contributed by atoms with Crippen LogP contribution in [-0.2, 0) is 0 Å². The van der Waals surface area contributed by atoms with Crippen LogP contribution in [0.1, 0.15) is 9.60 Å². The molecule has 230 valence electrons. The van der Waals surface area contributed by atoms with Crippen LogP contribution in [0, 0.1) is 0 Å². The largest absolute Gasteiger partial charge is 0.309 e. The smallest absolute Gasteiger partial charge is 0.164 e. The van der Waals surface area contributed by atoms with Crippen molar-refractivity contribution in [2.24, 2.45) is 0 Å². The molecule has 0 bridgehead atoms. The van der Waals surface area contributed by atoms with E-state index in [1.807, 2.05) is 84.9 Å². The van der Waals surface area contributed by atoms with Gasteiger partial charge >= 0.3 is 0 Å². The Morgan fingerprint density at radius 1 is 0.388 bits per heavy atom. The van der Waals surface area contributed by atoms with Gasteiger partial charge in [0.05, 0.1) is 20.6 Å².